The summed E-state index contributed by atoms with van der Waals surface area (Å²) in [4.78, 5) is 20.3. The van der Waals surface area contributed by atoms with Crippen molar-refractivity contribution >= 4 is 39.8 Å². The summed E-state index contributed by atoms with van der Waals surface area (Å²) in [6, 6.07) is 10.1. The van der Waals surface area contributed by atoms with Crippen LogP contribution in [0.15, 0.2) is 55.0 Å². The van der Waals surface area contributed by atoms with Crippen LogP contribution in [0, 0.1) is 5.82 Å². The SMILES string of the molecule is Fc1ccccc1Nc1cc(-c2nc(N3CCNCC3)c3c(Cl)cncc3n2)ccn1. The van der Waals surface area contributed by atoms with Gasteiger partial charge in [-0.15, -0.1) is 0 Å². The lowest BCUT2D eigenvalue weighted by molar-refractivity contribution is 0.586. The van der Waals surface area contributed by atoms with Crippen molar-refractivity contribution in [3.05, 3.63) is 65.8 Å². The highest BCUT2D eigenvalue weighted by Crippen LogP contribution is 2.32. The molecule has 2 N–H and O–H groups in total. The Kier molecular flexibility index (Phi) is 5.31. The molecular formula is C22H19ClFN7. The van der Waals surface area contributed by atoms with Crippen LogP contribution < -0.4 is 15.5 Å². The average Bonchev–Trinajstić information content (AvgIpc) is 2.81. The number of piperazine rings is 1. The van der Waals surface area contributed by atoms with Gasteiger partial charge >= 0.3 is 0 Å². The smallest absolute Gasteiger partial charge is 0.162 e. The lowest BCUT2D eigenvalue weighted by atomic mass is 10.2. The number of fused-ring (bicyclic) bond motifs is 1. The van der Waals surface area contributed by atoms with Crippen molar-refractivity contribution in [2.24, 2.45) is 0 Å². The van der Waals surface area contributed by atoms with E-state index in [0.29, 0.717) is 27.9 Å². The normalized spacial score (nSPS) is 14.1. The van der Waals surface area contributed by atoms with Crippen molar-refractivity contribution in [1.29, 1.82) is 0 Å². The summed E-state index contributed by atoms with van der Waals surface area (Å²) in [6.45, 7) is 3.38. The highest BCUT2D eigenvalue weighted by Gasteiger charge is 2.20. The first-order valence-corrected chi connectivity index (χ1v) is 10.3. The third kappa shape index (κ3) is 3.99. The minimum atomic E-state index is -0.349. The quantitative estimate of drug-likeness (QED) is 0.501. The first kappa shape index (κ1) is 19.6. The maximum absolute atomic E-state index is 14.0. The van der Waals surface area contributed by atoms with Gasteiger partial charge in [-0.3, -0.25) is 4.98 Å². The third-order valence-electron chi connectivity index (χ3n) is 5.11. The van der Waals surface area contributed by atoms with Gasteiger partial charge in [0.25, 0.3) is 0 Å². The molecule has 5 rings (SSSR count). The maximum atomic E-state index is 14.0. The van der Waals surface area contributed by atoms with Gasteiger partial charge in [0, 0.05) is 44.1 Å². The molecule has 1 aliphatic rings. The molecule has 31 heavy (non-hydrogen) atoms. The van der Waals surface area contributed by atoms with E-state index < -0.39 is 0 Å². The molecule has 3 aromatic heterocycles. The van der Waals surface area contributed by atoms with Crippen molar-refractivity contribution in [3.8, 4) is 11.4 Å². The number of hydrogen-bond donors (Lipinski definition) is 2. The number of halogens is 2. The Hall–Kier alpha value is -3.36. The summed E-state index contributed by atoms with van der Waals surface area (Å²) in [5.41, 5.74) is 1.78. The molecule has 0 spiro atoms. The monoisotopic (exact) mass is 435 g/mol. The molecule has 156 valence electrons. The van der Waals surface area contributed by atoms with Gasteiger partial charge in [-0.05, 0) is 24.3 Å². The molecule has 0 saturated carbocycles. The molecule has 0 atom stereocenters. The maximum Gasteiger partial charge on any atom is 0.162 e. The van der Waals surface area contributed by atoms with Crippen LogP contribution >= 0.6 is 11.6 Å². The fraction of sp³-hybridized carbons (Fsp3) is 0.182. The number of benzene rings is 1. The molecule has 4 heterocycles. The van der Waals surface area contributed by atoms with Crippen LogP contribution in [0.5, 0.6) is 0 Å². The van der Waals surface area contributed by atoms with Gasteiger partial charge in [0.15, 0.2) is 5.82 Å². The molecule has 0 amide bonds. The summed E-state index contributed by atoms with van der Waals surface area (Å²) in [5.74, 6) is 1.47. The number of hydrogen-bond acceptors (Lipinski definition) is 7. The Morgan fingerprint density at radius 3 is 2.74 bits per heavy atom. The standard InChI is InChI=1S/C22H19ClFN7/c23-15-12-26-13-18-20(15)22(31-9-7-25-8-10-31)30-21(29-18)14-5-6-27-19(11-14)28-17-4-2-1-3-16(17)24/h1-6,11-13,25H,7-10H2,(H,27,28). The second kappa shape index (κ2) is 8.41. The minimum Gasteiger partial charge on any atom is -0.353 e. The zero-order valence-corrected chi connectivity index (χ0v) is 17.3. The molecule has 1 aliphatic heterocycles. The Balaban J connectivity index is 1.58. The average molecular weight is 436 g/mol. The zero-order chi connectivity index (χ0) is 21.2. The Bertz CT molecular complexity index is 1240. The lowest BCUT2D eigenvalue weighted by Gasteiger charge is -2.29. The van der Waals surface area contributed by atoms with E-state index in [4.69, 9.17) is 21.6 Å². The molecule has 1 aromatic carbocycles. The predicted octanol–water partition coefficient (Wildman–Crippen LogP) is 4.03. The summed E-state index contributed by atoms with van der Waals surface area (Å²) < 4.78 is 14.0. The first-order chi connectivity index (χ1) is 15.2. The van der Waals surface area contributed by atoms with Crippen molar-refractivity contribution in [2.45, 2.75) is 0 Å². The highest BCUT2D eigenvalue weighted by atomic mass is 35.5. The van der Waals surface area contributed by atoms with Crippen molar-refractivity contribution in [1.82, 2.24) is 25.3 Å². The summed E-state index contributed by atoms with van der Waals surface area (Å²) in [7, 11) is 0. The van der Waals surface area contributed by atoms with E-state index in [1.54, 1.807) is 42.9 Å². The number of anilines is 3. The second-order valence-electron chi connectivity index (χ2n) is 7.16. The topological polar surface area (TPSA) is 78.9 Å². The van der Waals surface area contributed by atoms with Crippen LogP contribution in [0.1, 0.15) is 0 Å². The van der Waals surface area contributed by atoms with Gasteiger partial charge in [0.05, 0.1) is 27.8 Å². The van der Waals surface area contributed by atoms with E-state index in [1.807, 2.05) is 6.07 Å². The number of pyridine rings is 2. The number of aromatic nitrogens is 4. The van der Waals surface area contributed by atoms with Crippen molar-refractivity contribution in [2.75, 3.05) is 36.4 Å². The van der Waals surface area contributed by atoms with Gasteiger partial charge in [0.1, 0.15) is 17.5 Å². The number of nitrogens with zero attached hydrogens (tertiary/aromatic N) is 5. The number of rotatable bonds is 4. The van der Waals surface area contributed by atoms with Crippen LogP contribution in [-0.4, -0.2) is 46.1 Å². The summed E-state index contributed by atoms with van der Waals surface area (Å²) in [5, 5.41) is 7.68. The molecule has 1 saturated heterocycles. The Morgan fingerprint density at radius 1 is 1.06 bits per heavy atom. The van der Waals surface area contributed by atoms with E-state index in [9.17, 15) is 4.39 Å². The largest absolute Gasteiger partial charge is 0.353 e. The van der Waals surface area contributed by atoms with E-state index >= 15 is 0 Å². The Labute approximate surface area is 183 Å². The minimum absolute atomic E-state index is 0.349. The number of para-hydroxylation sites is 1. The van der Waals surface area contributed by atoms with E-state index in [1.165, 1.54) is 6.07 Å². The van der Waals surface area contributed by atoms with Crippen LogP contribution in [0.25, 0.3) is 22.3 Å². The first-order valence-electron chi connectivity index (χ1n) is 9.94. The van der Waals surface area contributed by atoms with Gasteiger partial charge in [-0.1, -0.05) is 23.7 Å². The third-order valence-corrected chi connectivity index (χ3v) is 5.40. The fourth-order valence-corrected chi connectivity index (χ4v) is 3.84. The zero-order valence-electron chi connectivity index (χ0n) is 16.5. The van der Waals surface area contributed by atoms with E-state index in [0.717, 1.165) is 42.9 Å². The number of nitrogens with one attached hydrogen (secondary N) is 2. The molecular weight excluding hydrogens is 417 g/mol. The second-order valence-corrected chi connectivity index (χ2v) is 7.57. The van der Waals surface area contributed by atoms with E-state index in [2.05, 4.69) is 25.5 Å². The highest BCUT2D eigenvalue weighted by molar-refractivity contribution is 6.36. The fourth-order valence-electron chi connectivity index (χ4n) is 3.60. The lowest BCUT2D eigenvalue weighted by Crippen LogP contribution is -2.44. The van der Waals surface area contributed by atoms with Crippen molar-refractivity contribution in [3.63, 3.8) is 0 Å². The predicted molar refractivity (Wildman–Crippen MR) is 120 cm³/mol. The molecule has 0 unspecified atom stereocenters. The van der Waals surface area contributed by atoms with Crippen LogP contribution in [0.3, 0.4) is 0 Å². The van der Waals surface area contributed by atoms with Gasteiger partial charge in [-0.2, -0.15) is 0 Å². The van der Waals surface area contributed by atoms with Crippen LogP contribution in [0.2, 0.25) is 5.02 Å². The van der Waals surface area contributed by atoms with Gasteiger partial charge in [-0.25, -0.2) is 19.3 Å². The molecule has 0 bridgehead atoms. The summed E-state index contributed by atoms with van der Waals surface area (Å²) in [6.07, 6.45) is 4.95. The van der Waals surface area contributed by atoms with Crippen LogP contribution in [0.4, 0.5) is 21.7 Å². The Morgan fingerprint density at radius 2 is 1.90 bits per heavy atom. The van der Waals surface area contributed by atoms with Gasteiger partial charge in [0.2, 0.25) is 0 Å². The van der Waals surface area contributed by atoms with Gasteiger partial charge < -0.3 is 15.5 Å². The van der Waals surface area contributed by atoms with Crippen molar-refractivity contribution < 1.29 is 4.39 Å². The molecule has 9 heteroatoms. The van der Waals surface area contributed by atoms with E-state index in [-0.39, 0.29) is 5.82 Å². The molecule has 0 aliphatic carbocycles. The summed E-state index contributed by atoms with van der Waals surface area (Å²) >= 11 is 6.47. The molecule has 7 nitrogen and oxygen atoms in total. The van der Waals surface area contributed by atoms with Crippen LogP contribution in [-0.2, 0) is 0 Å². The molecule has 0 radical (unpaired) electrons. The molecule has 1 fully saturated rings. The molecule has 4 aromatic rings.